The molecule has 2 aliphatic rings. The predicted octanol–water partition coefficient (Wildman–Crippen LogP) is 1.88. The number of imide groups is 1. The Balaban J connectivity index is 1.78. The highest BCUT2D eigenvalue weighted by atomic mass is 32.2. The van der Waals surface area contributed by atoms with Crippen LogP contribution in [0.1, 0.15) is 33.6 Å². The molecule has 1 aromatic carbocycles. The van der Waals surface area contributed by atoms with E-state index in [1.54, 1.807) is 13.8 Å². The van der Waals surface area contributed by atoms with Gasteiger partial charge in [-0.05, 0) is 48.4 Å². The molecule has 3 amide bonds. The lowest BCUT2D eigenvalue weighted by Gasteiger charge is -2.29. The van der Waals surface area contributed by atoms with Crippen molar-refractivity contribution < 1.29 is 22.8 Å². The number of primary sulfonamides is 1. The first kappa shape index (κ1) is 22.2. The fourth-order valence-corrected chi connectivity index (χ4v) is 4.70. The Bertz CT molecular complexity index is 984. The number of carbonyl (C=O) groups is 3. The van der Waals surface area contributed by atoms with E-state index in [0.717, 1.165) is 11.3 Å². The largest absolute Gasteiger partial charge is 0.324 e. The lowest BCUT2D eigenvalue weighted by atomic mass is 9.89. The lowest BCUT2D eigenvalue weighted by Crippen LogP contribution is -2.50. The highest BCUT2D eigenvalue weighted by Crippen LogP contribution is 2.37. The number of carbonyl (C=O) groups excluding carboxylic acids is 3. The summed E-state index contributed by atoms with van der Waals surface area (Å²) in [6, 6.07) is 4.44. The van der Waals surface area contributed by atoms with E-state index in [4.69, 9.17) is 5.14 Å². The summed E-state index contributed by atoms with van der Waals surface area (Å²) in [6.45, 7) is 5.63. The zero-order chi connectivity index (χ0) is 22.2. The molecular formula is C21H27N3O5S. The molecule has 1 fully saturated rings. The van der Waals surface area contributed by atoms with Gasteiger partial charge in [-0.15, -0.1) is 0 Å². The number of likely N-dealkylation sites (tertiary alicyclic amines) is 1. The normalized spacial score (nSPS) is 25.2. The number of anilines is 1. The van der Waals surface area contributed by atoms with Gasteiger partial charge in [-0.3, -0.25) is 19.3 Å². The molecule has 0 radical (unpaired) electrons. The summed E-state index contributed by atoms with van der Waals surface area (Å²) in [5.41, 5.74) is 0.348. The molecule has 0 bridgehead atoms. The summed E-state index contributed by atoms with van der Waals surface area (Å²) in [5.74, 6) is -1.47. The lowest BCUT2D eigenvalue weighted by molar-refractivity contribution is -0.147. The average Bonchev–Trinajstić information content (AvgIpc) is 3.19. The van der Waals surface area contributed by atoms with Gasteiger partial charge in [0.15, 0.2) is 0 Å². The molecule has 3 rings (SSSR count). The highest BCUT2D eigenvalue weighted by Gasteiger charge is 2.48. The Hall–Kier alpha value is -2.52. The first-order valence-electron chi connectivity index (χ1n) is 9.97. The quantitative estimate of drug-likeness (QED) is 0.523. The minimum Gasteiger partial charge on any atom is -0.324 e. The molecule has 0 spiro atoms. The third-order valence-corrected chi connectivity index (χ3v) is 6.62. The van der Waals surface area contributed by atoms with Crippen LogP contribution in [-0.4, -0.2) is 37.1 Å². The van der Waals surface area contributed by atoms with Crippen LogP contribution in [0.4, 0.5) is 5.69 Å². The van der Waals surface area contributed by atoms with Crippen molar-refractivity contribution in [3.63, 3.8) is 0 Å². The van der Waals surface area contributed by atoms with Crippen molar-refractivity contribution >= 4 is 33.4 Å². The molecule has 4 atom stereocenters. The van der Waals surface area contributed by atoms with Crippen LogP contribution in [-0.2, 0) is 24.4 Å². The third-order valence-electron chi connectivity index (χ3n) is 5.69. The summed E-state index contributed by atoms with van der Waals surface area (Å²) in [7, 11) is -3.84. The molecule has 1 saturated heterocycles. The van der Waals surface area contributed by atoms with Crippen LogP contribution in [0.3, 0.4) is 0 Å². The minimum atomic E-state index is -3.84. The Kier molecular flexibility index (Phi) is 6.14. The van der Waals surface area contributed by atoms with E-state index in [9.17, 15) is 22.8 Å². The van der Waals surface area contributed by atoms with Gasteiger partial charge in [0, 0.05) is 12.1 Å². The number of benzene rings is 1. The van der Waals surface area contributed by atoms with Crippen molar-refractivity contribution in [3.05, 3.63) is 36.4 Å². The van der Waals surface area contributed by atoms with Crippen LogP contribution >= 0.6 is 0 Å². The Morgan fingerprint density at radius 3 is 2.30 bits per heavy atom. The van der Waals surface area contributed by atoms with Gasteiger partial charge >= 0.3 is 0 Å². The zero-order valence-corrected chi connectivity index (χ0v) is 18.1. The van der Waals surface area contributed by atoms with Gasteiger partial charge in [0.05, 0.1) is 10.8 Å². The molecule has 8 nitrogen and oxygen atoms in total. The Morgan fingerprint density at radius 2 is 1.80 bits per heavy atom. The molecule has 0 aromatic heterocycles. The average molecular weight is 434 g/mol. The molecule has 9 heteroatoms. The van der Waals surface area contributed by atoms with Gasteiger partial charge < -0.3 is 5.32 Å². The van der Waals surface area contributed by atoms with Crippen molar-refractivity contribution in [2.75, 3.05) is 5.32 Å². The molecule has 30 heavy (non-hydrogen) atoms. The number of sulfonamides is 1. The maximum atomic E-state index is 13.1. The number of hydrogen-bond acceptors (Lipinski definition) is 5. The Morgan fingerprint density at radius 1 is 1.17 bits per heavy atom. The van der Waals surface area contributed by atoms with Crippen molar-refractivity contribution in [1.29, 1.82) is 0 Å². The van der Waals surface area contributed by atoms with Crippen LogP contribution in [0, 0.1) is 23.7 Å². The second-order valence-electron chi connectivity index (χ2n) is 8.42. The fourth-order valence-electron chi connectivity index (χ4n) is 4.18. The number of rotatable bonds is 6. The summed E-state index contributed by atoms with van der Waals surface area (Å²) in [5, 5.41) is 7.76. The topological polar surface area (TPSA) is 127 Å². The SMILES string of the molecule is CC(C)[C@@H](C(=O)Nc1ccc(S(N)(=O)=O)cc1)N1C(=O)C[C@@H]([C@H]2C=C[C@@H](C)C2)C1=O. The summed E-state index contributed by atoms with van der Waals surface area (Å²) < 4.78 is 22.7. The molecule has 1 aliphatic carbocycles. The Labute approximate surface area is 176 Å². The van der Waals surface area contributed by atoms with E-state index >= 15 is 0 Å². The molecule has 3 N–H and O–H groups in total. The summed E-state index contributed by atoms with van der Waals surface area (Å²) >= 11 is 0. The van der Waals surface area contributed by atoms with Crippen LogP contribution in [0.5, 0.6) is 0 Å². The molecular weight excluding hydrogens is 406 g/mol. The van der Waals surface area contributed by atoms with E-state index in [1.165, 1.54) is 24.3 Å². The maximum Gasteiger partial charge on any atom is 0.247 e. The van der Waals surface area contributed by atoms with Gasteiger partial charge in [-0.25, -0.2) is 13.6 Å². The fraction of sp³-hybridized carbons (Fsp3) is 0.476. The van der Waals surface area contributed by atoms with Crippen molar-refractivity contribution in [2.24, 2.45) is 28.8 Å². The van der Waals surface area contributed by atoms with E-state index in [2.05, 4.69) is 18.3 Å². The maximum absolute atomic E-state index is 13.1. The zero-order valence-electron chi connectivity index (χ0n) is 17.2. The van der Waals surface area contributed by atoms with Crippen molar-refractivity contribution in [3.8, 4) is 0 Å². The summed E-state index contributed by atoms with van der Waals surface area (Å²) in [4.78, 5) is 39.8. The smallest absolute Gasteiger partial charge is 0.247 e. The van der Waals surface area contributed by atoms with Gasteiger partial charge in [-0.2, -0.15) is 0 Å². The van der Waals surface area contributed by atoms with Crippen molar-refractivity contribution in [2.45, 2.75) is 44.6 Å². The highest BCUT2D eigenvalue weighted by molar-refractivity contribution is 7.89. The van der Waals surface area contributed by atoms with E-state index in [1.807, 2.05) is 6.08 Å². The first-order valence-corrected chi connectivity index (χ1v) is 11.5. The molecule has 0 saturated carbocycles. The standard InChI is InChI=1S/C21H27N3O5S/c1-12(2)19(20(26)23-15-6-8-16(9-7-15)30(22,28)29)24-18(25)11-17(21(24)27)14-5-4-13(3)10-14/h4-9,12-14,17,19H,10-11H2,1-3H3,(H,23,26)(H2,22,28,29)/t13-,14+,17+,19+/m1/s1. The molecule has 1 aliphatic heterocycles. The predicted molar refractivity (Wildman–Crippen MR) is 111 cm³/mol. The molecule has 162 valence electrons. The number of nitrogens with zero attached hydrogens (tertiary/aromatic N) is 1. The molecule has 1 aromatic rings. The minimum absolute atomic E-state index is 0.0167. The molecule has 1 heterocycles. The van der Waals surface area contributed by atoms with Crippen LogP contribution in [0.2, 0.25) is 0 Å². The first-order chi connectivity index (χ1) is 14.0. The van der Waals surface area contributed by atoms with Gasteiger partial charge in [0.25, 0.3) is 0 Å². The summed E-state index contributed by atoms with van der Waals surface area (Å²) in [6.07, 6.45) is 5.00. The third kappa shape index (κ3) is 4.46. The number of amides is 3. The van der Waals surface area contributed by atoms with Gasteiger partial charge in [0.1, 0.15) is 6.04 Å². The van der Waals surface area contributed by atoms with Crippen molar-refractivity contribution in [1.82, 2.24) is 4.90 Å². The van der Waals surface area contributed by atoms with Gasteiger partial charge in [0.2, 0.25) is 27.7 Å². The van der Waals surface area contributed by atoms with Crippen LogP contribution in [0.25, 0.3) is 0 Å². The molecule has 0 unspecified atom stereocenters. The van der Waals surface area contributed by atoms with E-state index in [-0.39, 0.29) is 35.0 Å². The second kappa shape index (κ2) is 8.31. The van der Waals surface area contributed by atoms with E-state index < -0.39 is 27.9 Å². The number of hydrogen-bond donors (Lipinski definition) is 2. The van der Waals surface area contributed by atoms with Gasteiger partial charge in [-0.1, -0.05) is 32.9 Å². The van der Waals surface area contributed by atoms with Crippen LogP contribution in [0.15, 0.2) is 41.3 Å². The number of nitrogens with two attached hydrogens (primary N) is 1. The monoisotopic (exact) mass is 433 g/mol. The number of nitrogens with one attached hydrogen (secondary N) is 1. The number of allylic oxidation sites excluding steroid dienone is 2. The van der Waals surface area contributed by atoms with E-state index in [0.29, 0.717) is 11.6 Å². The second-order valence-corrected chi connectivity index (χ2v) is 9.98. The van der Waals surface area contributed by atoms with Crippen LogP contribution < -0.4 is 10.5 Å².